The lowest BCUT2D eigenvalue weighted by molar-refractivity contribution is 0.0949. The third kappa shape index (κ3) is 3.12. The Bertz CT molecular complexity index is 636. The topological polar surface area (TPSA) is 49.3 Å². The lowest BCUT2D eigenvalue weighted by Crippen LogP contribution is -2.23. The van der Waals surface area contributed by atoms with Gasteiger partial charge < -0.3 is 10.4 Å². The van der Waals surface area contributed by atoms with Crippen molar-refractivity contribution >= 4 is 5.91 Å². The number of carbonyl (C=O) groups excluding carboxylic acids is 1. The lowest BCUT2D eigenvalue weighted by atomic mass is 10.1. The molecule has 0 saturated heterocycles. The zero-order valence-electron chi connectivity index (χ0n) is 10.8. The molecule has 0 fully saturated rings. The van der Waals surface area contributed by atoms with Crippen molar-refractivity contribution in [2.75, 3.05) is 0 Å². The molecule has 2 aromatic rings. The summed E-state index contributed by atoms with van der Waals surface area (Å²) >= 11 is 0. The molecular formula is C15H13F2NO2. The van der Waals surface area contributed by atoms with Crippen molar-refractivity contribution in [3.63, 3.8) is 0 Å². The van der Waals surface area contributed by atoms with Gasteiger partial charge in [-0.2, -0.15) is 0 Å². The Balaban J connectivity index is 2.10. The van der Waals surface area contributed by atoms with Gasteiger partial charge in [-0.15, -0.1) is 0 Å². The standard InChI is InChI=1S/C15H13F2NO2/c1-9-13(3-2-4-14(9)19)15(20)18-8-10-5-11(16)7-12(17)6-10/h2-7,19H,8H2,1H3,(H,18,20). The first-order valence-corrected chi connectivity index (χ1v) is 5.99. The van der Waals surface area contributed by atoms with Crippen molar-refractivity contribution in [3.8, 4) is 5.75 Å². The van der Waals surface area contributed by atoms with Crippen LogP contribution in [0.4, 0.5) is 8.78 Å². The molecule has 0 radical (unpaired) electrons. The van der Waals surface area contributed by atoms with Crippen molar-refractivity contribution in [2.45, 2.75) is 13.5 Å². The molecule has 0 heterocycles. The molecule has 0 aliphatic heterocycles. The van der Waals surface area contributed by atoms with Crippen molar-refractivity contribution in [1.29, 1.82) is 0 Å². The van der Waals surface area contributed by atoms with Crippen LogP contribution in [0.15, 0.2) is 36.4 Å². The zero-order valence-corrected chi connectivity index (χ0v) is 10.8. The Morgan fingerprint density at radius 1 is 1.20 bits per heavy atom. The third-order valence-corrected chi connectivity index (χ3v) is 2.93. The van der Waals surface area contributed by atoms with E-state index in [0.717, 1.165) is 18.2 Å². The first-order valence-electron chi connectivity index (χ1n) is 5.99. The van der Waals surface area contributed by atoms with Gasteiger partial charge in [0.2, 0.25) is 0 Å². The number of hydrogen-bond donors (Lipinski definition) is 2. The molecule has 3 nitrogen and oxygen atoms in total. The predicted octanol–water partition coefficient (Wildman–Crippen LogP) is 2.91. The number of halogens is 2. The third-order valence-electron chi connectivity index (χ3n) is 2.93. The van der Waals surface area contributed by atoms with Gasteiger partial charge in [-0.1, -0.05) is 6.07 Å². The maximum absolute atomic E-state index is 13.0. The van der Waals surface area contributed by atoms with E-state index in [0.29, 0.717) is 16.7 Å². The molecule has 1 amide bonds. The molecule has 20 heavy (non-hydrogen) atoms. The summed E-state index contributed by atoms with van der Waals surface area (Å²) < 4.78 is 26.0. The fourth-order valence-electron chi connectivity index (χ4n) is 1.86. The predicted molar refractivity (Wildman–Crippen MR) is 70.4 cm³/mol. The van der Waals surface area contributed by atoms with Gasteiger partial charge in [-0.3, -0.25) is 4.79 Å². The summed E-state index contributed by atoms with van der Waals surface area (Å²) in [6, 6.07) is 7.67. The van der Waals surface area contributed by atoms with Crippen LogP contribution in [0.3, 0.4) is 0 Å². The number of aromatic hydroxyl groups is 1. The Hall–Kier alpha value is -2.43. The quantitative estimate of drug-likeness (QED) is 0.906. The van der Waals surface area contributed by atoms with E-state index < -0.39 is 17.5 Å². The van der Waals surface area contributed by atoms with E-state index in [-0.39, 0.29) is 12.3 Å². The van der Waals surface area contributed by atoms with E-state index in [2.05, 4.69) is 5.32 Å². The summed E-state index contributed by atoms with van der Waals surface area (Å²) in [5.74, 6) is -1.77. The maximum atomic E-state index is 13.0. The minimum atomic E-state index is -0.692. The molecule has 0 aliphatic carbocycles. The van der Waals surface area contributed by atoms with E-state index >= 15 is 0 Å². The monoisotopic (exact) mass is 277 g/mol. The molecule has 0 aromatic heterocycles. The number of rotatable bonds is 3. The van der Waals surface area contributed by atoms with E-state index in [1.165, 1.54) is 6.07 Å². The minimum absolute atomic E-state index is 0.00259. The molecule has 0 atom stereocenters. The van der Waals surface area contributed by atoms with Gasteiger partial charge in [-0.25, -0.2) is 8.78 Å². The van der Waals surface area contributed by atoms with Crippen molar-refractivity contribution in [2.24, 2.45) is 0 Å². The van der Waals surface area contributed by atoms with E-state index in [1.54, 1.807) is 19.1 Å². The SMILES string of the molecule is Cc1c(O)cccc1C(=O)NCc1cc(F)cc(F)c1. The Morgan fingerprint density at radius 3 is 2.50 bits per heavy atom. The highest BCUT2D eigenvalue weighted by atomic mass is 19.1. The number of phenolic OH excluding ortho intramolecular Hbond substituents is 1. The molecule has 0 spiro atoms. The highest BCUT2D eigenvalue weighted by Crippen LogP contribution is 2.19. The zero-order chi connectivity index (χ0) is 14.7. The Kier molecular flexibility index (Phi) is 3.98. The van der Waals surface area contributed by atoms with Gasteiger partial charge in [0.25, 0.3) is 5.91 Å². The molecular weight excluding hydrogens is 264 g/mol. The van der Waals surface area contributed by atoms with E-state index in [1.807, 2.05) is 0 Å². The first kappa shape index (κ1) is 14.0. The molecule has 2 aromatic carbocycles. The number of benzene rings is 2. The summed E-state index contributed by atoms with van der Waals surface area (Å²) in [4.78, 5) is 12.0. The van der Waals surface area contributed by atoms with Gasteiger partial charge in [0, 0.05) is 23.7 Å². The van der Waals surface area contributed by atoms with Crippen molar-refractivity contribution in [3.05, 3.63) is 64.7 Å². The van der Waals surface area contributed by atoms with Crippen LogP contribution in [0, 0.1) is 18.6 Å². The fourth-order valence-corrected chi connectivity index (χ4v) is 1.86. The summed E-state index contributed by atoms with van der Waals surface area (Å²) in [5, 5.41) is 12.1. The highest BCUT2D eigenvalue weighted by Gasteiger charge is 2.11. The first-order chi connectivity index (χ1) is 9.47. The second-order valence-corrected chi connectivity index (χ2v) is 4.41. The number of carbonyl (C=O) groups is 1. The van der Waals surface area contributed by atoms with Gasteiger partial charge >= 0.3 is 0 Å². The summed E-state index contributed by atoms with van der Waals surface area (Å²) in [6.07, 6.45) is 0. The van der Waals surface area contributed by atoms with Crippen LogP contribution in [-0.4, -0.2) is 11.0 Å². The summed E-state index contributed by atoms with van der Waals surface area (Å²) in [6.45, 7) is 1.62. The highest BCUT2D eigenvalue weighted by molar-refractivity contribution is 5.96. The van der Waals surface area contributed by atoms with Crippen LogP contribution in [0.2, 0.25) is 0 Å². The normalized spacial score (nSPS) is 10.3. The Morgan fingerprint density at radius 2 is 1.85 bits per heavy atom. The molecule has 104 valence electrons. The molecule has 2 N–H and O–H groups in total. The van der Waals surface area contributed by atoms with Gasteiger partial charge in [0.1, 0.15) is 17.4 Å². The molecule has 5 heteroatoms. The van der Waals surface area contributed by atoms with E-state index in [9.17, 15) is 18.7 Å². The molecule has 0 unspecified atom stereocenters. The van der Waals surface area contributed by atoms with Gasteiger partial charge in [0.05, 0.1) is 0 Å². The van der Waals surface area contributed by atoms with Crippen LogP contribution in [0.1, 0.15) is 21.5 Å². The average Bonchev–Trinajstić information content (AvgIpc) is 2.38. The molecule has 0 saturated carbocycles. The minimum Gasteiger partial charge on any atom is -0.508 e. The van der Waals surface area contributed by atoms with E-state index in [4.69, 9.17) is 0 Å². The van der Waals surface area contributed by atoms with Crippen LogP contribution in [0.5, 0.6) is 5.75 Å². The van der Waals surface area contributed by atoms with Crippen molar-refractivity contribution in [1.82, 2.24) is 5.32 Å². The molecule has 0 aliphatic rings. The lowest BCUT2D eigenvalue weighted by Gasteiger charge is -2.09. The van der Waals surface area contributed by atoms with Crippen LogP contribution in [0.25, 0.3) is 0 Å². The second kappa shape index (κ2) is 5.69. The molecule has 0 bridgehead atoms. The number of amides is 1. The van der Waals surface area contributed by atoms with Crippen LogP contribution < -0.4 is 5.32 Å². The largest absolute Gasteiger partial charge is 0.508 e. The van der Waals surface area contributed by atoms with Gasteiger partial charge in [0.15, 0.2) is 0 Å². The molecule has 2 rings (SSSR count). The fraction of sp³-hybridized carbons (Fsp3) is 0.133. The smallest absolute Gasteiger partial charge is 0.251 e. The number of hydrogen-bond acceptors (Lipinski definition) is 2. The summed E-state index contributed by atoms with van der Waals surface area (Å²) in [5.41, 5.74) is 1.10. The Labute approximate surface area is 114 Å². The number of nitrogens with one attached hydrogen (secondary N) is 1. The van der Waals surface area contributed by atoms with Gasteiger partial charge in [-0.05, 0) is 36.8 Å². The second-order valence-electron chi connectivity index (χ2n) is 4.41. The average molecular weight is 277 g/mol. The van der Waals surface area contributed by atoms with Crippen molar-refractivity contribution < 1.29 is 18.7 Å². The number of phenols is 1. The maximum Gasteiger partial charge on any atom is 0.251 e. The summed E-state index contributed by atoms with van der Waals surface area (Å²) in [7, 11) is 0. The van der Waals surface area contributed by atoms with Crippen LogP contribution >= 0.6 is 0 Å². The van der Waals surface area contributed by atoms with Crippen LogP contribution in [-0.2, 0) is 6.54 Å².